The number of fused-ring (bicyclic) bond motifs is 3. The topological polar surface area (TPSA) is 44.5 Å². The van der Waals surface area contributed by atoms with E-state index in [0.29, 0.717) is 0 Å². The standard InChI is InChI=1S/C18H21NO3/c1-10(2)21-12(4)16-9-14-11(3)19-17-13(18(14)22-16)7-6-8-15(17)20-5/h6-10,12H,1-5H3. The van der Waals surface area contributed by atoms with Crippen LogP contribution in [0.3, 0.4) is 0 Å². The highest BCUT2D eigenvalue weighted by atomic mass is 16.5. The molecule has 0 bridgehead atoms. The van der Waals surface area contributed by atoms with E-state index in [1.54, 1.807) is 7.11 Å². The molecule has 0 radical (unpaired) electrons. The second-order valence-corrected chi connectivity index (χ2v) is 5.77. The van der Waals surface area contributed by atoms with E-state index in [1.165, 1.54) is 0 Å². The van der Waals surface area contributed by atoms with Crippen molar-refractivity contribution >= 4 is 21.9 Å². The molecule has 2 heterocycles. The minimum absolute atomic E-state index is 0.0903. The zero-order chi connectivity index (χ0) is 15.9. The Balaban J connectivity index is 2.23. The van der Waals surface area contributed by atoms with Crippen LogP contribution in [0.2, 0.25) is 0 Å². The van der Waals surface area contributed by atoms with E-state index >= 15 is 0 Å². The Morgan fingerprint density at radius 2 is 1.91 bits per heavy atom. The van der Waals surface area contributed by atoms with Gasteiger partial charge in [0.1, 0.15) is 28.7 Å². The summed E-state index contributed by atoms with van der Waals surface area (Å²) in [7, 11) is 1.65. The number of aryl methyl sites for hydroxylation is 1. The molecule has 1 aromatic carbocycles. The molecule has 0 amide bonds. The maximum Gasteiger partial charge on any atom is 0.145 e. The van der Waals surface area contributed by atoms with Crippen LogP contribution >= 0.6 is 0 Å². The Morgan fingerprint density at radius 3 is 2.59 bits per heavy atom. The van der Waals surface area contributed by atoms with Gasteiger partial charge in [0.05, 0.1) is 13.2 Å². The van der Waals surface area contributed by atoms with Gasteiger partial charge in [-0.15, -0.1) is 0 Å². The molecule has 3 aromatic rings. The molecule has 0 aliphatic carbocycles. The summed E-state index contributed by atoms with van der Waals surface area (Å²) in [5.74, 6) is 1.58. The molecule has 0 aliphatic heterocycles. The second kappa shape index (κ2) is 5.61. The van der Waals surface area contributed by atoms with Gasteiger partial charge in [0, 0.05) is 16.5 Å². The molecular weight excluding hydrogens is 278 g/mol. The Bertz CT molecular complexity index is 820. The van der Waals surface area contributed by atoms with Gasteiger partial charge < -0.3 is 13.9 Å². The monoisotopic (exact) mass is 299 g/mol. The summed E-state index contributed by atoms with van der Waals surface area (Å²) >= 11 is 0. The Morgan fingerprint density at radius 1 is 1.14 bits per heavy atom. The smallest absolute Gasteiger partial charge is 0.145 e. The van der Waals surface area contributed by atoms with E-state index in [0.717, 1.165) is 39.1 Å². The van der Waals surface area contributed by atoms with Crippen LogP contribution in [0.4, 0.5) is 0 Å². The number of para-hydroxylation sites is 1. The molecule has 0 spiro atoms. The minimum atomic E-state index is -0.0903. The summed E-state index contributed by atoms with van der Waals surface area (Å²) < 4.78 is 17.3. The van der Waals surface area contributed by atoms with Crippen molar-refractivity contribution in [2.75, 3.05) is 7.11 Å². The van der Waals surface area contributed by atoms with E-state index in [2.05, 4.69) is 4.98 Å². The van der Waals surface area contributed by atoms with E-state index < -0.39 is 0 Å². The van der Waals surface area contributed by atoms with Crippen molar-refractivity contribution in [1.29, 1.82) is 0 Å². The quantitative estimate of drug-likeness (QED) is 0.695. The third kappa shape index (κ3) is 2.44. The molecule has 4 nitrogen and oxygen atoms in total. The highest BCUT2D eigenvalue weighted by Crippen LogP contribution is 2.35. The largest absolute Gasteiger partial charge is 0.494 e. The Kier molecular flexibility index (Phi) is 3.79. The Hall–Kier alpha value is -2.07. The van der Waals surface area contributed by atoms with Crippen LogP contribution < -0.4 is 4.74 Å². The molecule has 0 N–H and O–H groups in total. The Labute approximate surface area is 130 Å². The predicted octanol–water partition coefficient (Wildman–Crippen LogP) is 4.78. The molecular formula is C18H21NO3. The first-order valence-electron chi connectivity index (χ1n) is 7.53. The van der Waals surface area contributed by atoms with E-state index in [4.69, 9.17) is 13.9 Å². The van der Waals surface area contributed by atoms with Gasteiger partial charge >= 0.3 is 0 Å². The zero-order valence-corrected chi connectivity index (χ0v) is 13.6. The van der Waals surface area contributed by atoms with Crippen LogP contribution in [0.25, 0.3) is 21.9 Å². The molecule has 22 heavy (non-hydrogen) atoms. The van der Waals surface area contributed by atoms with Gasteiger partial charge in [-0.25, -0.2) is 4.98 Å². The van der Waals surface area contributed by atoms with Crippen molar-refractivity contribution in [2.45, 2.75) is 39.9 Å². The summed E-state index contributed by atoms with van der Waals surface area (Å²) in [6.45, 7) is 8.03. The number of rotatable bonds is 4. The number of pyridine rings is 1. The summed E-state index contributed by atoms with van der Waals surface area (Å²) in [4.78, 5) is 4.68. The maximum atomic E-state index is 6.10. The number of nitrogens with zero attached hydrogens (tertiary/aromatic N) is 1. The lowest BCUT2D eigenvalue weighted by molar-refractivity contribution is 0.00675. The van der Waals surface area contributed by atoms with Crippen LogP contribution in [0.5, 0.6) is 5.75 Å². The molecule has 1 unspecified atom stereocenters. The van der Waals surface area contributed by atoms with Crippen LogP contribution in [0.15, 0.2) is 28.7 Å². The summed E-state index contributed by atoms with van der Waals surface area (Å²) in [6.07, 6.45) is 0.0618. The van der Waals surface area contributed by atoms with Crippen molar-refractivity contribution in [3.05, 3.63) is 35.7 Å². The van der Waals surface area contributed by atoms with E-state index in [1.807, 2.05) is 52.0 Å². The first kappa shape index (κ1) is 14.9. The third-order valence-electron chi connectivity index (χ3n) is 3.76. The van der Waals surface area contributed by atoms with Crippen LogP contribution in [-0.2, 0) is 4.74 Å². The van der Waals surface area contributed by atoms with Crippen molar-refractivity contribution in [1.82, 2.24) is 4.98 Å². The lowest BCUT2D eigenvalue weighted by Crippen LogP contribution is -2.06. The van der Waals surface area contributed by atoms with Crippen molar-refractivity contribution in [3.8, 4) is 5.75 Å². The van der Waals surface area contributed by atoms with Crippen LogP contribution in [-0.4, -0.2) is 18.2 Å². The first-order chi connectivity index (χ1) is 10.5. The lowest BCUT2D eigenvalue weighted by Gasteiger charge is -2.13. The average Bonchev–Trinajstić information content (AvgIpc) is 2.92. The van der Waals surface area contributed by atoms with Gasteiger partial charge in [-0.05, 0) is 45.9 Å². The van der Waals surface area contributed by atoms with Crippen molar-refractivity contribution in [3.63, 3.8) is 0 Å². The third-order valence-corrected chi connectivity index (χ3v) is 3.76. The molecule has 0 aliphatic rings. The molecule has 2 aromatic heterocycles. The number of hydrogen-bond acceptors (Lipinski definition) is 4. The normalized spacial score (nSPS) is 13.2. The molecule has 0 saturated carbocycles. The lowest BCUT2D eigenvalue weighted by atomic mass is 10.1. The predicted molar refractivity (Wildman–Crippen MR) is 87.4 cm³/mol. The fraction of sp³-hybridized carbons (Fsp3) is 0.389. The fourth-order valence-electron chi connectivity index (χ4n) is 2.77. The van der Waals surface area contributed by atoms with Crippen molar-refractivity contribution < 1.29 is 13.9 Å². The van der Waals surface area contributed by atoms with Crippen LogP contribution in [0.1, 0.15) is 38.3 Å². The van der Waals surface area contributed by atoms with E-state index in [9.17, 15) is 0 Å². The van der Waals surface area contributed by atoms with Gasteiger partial charge in [-0.2, -0.15) is 0 Å². The second-order valence-electron chi connectivity index (χ2n) is 5.77. The number of benzene rings is 1. The average molecular weight is 299 g/mol. The number of methoxy groups -OCH3 is 1. The molecule has 4 heteroatoms. The number of aromatic nitrogens is 1. The number of furan rings is 1. The minimum Gasteiger partial charge on any atom is -0.494 e. The van der Waals surface area contributed by atoms with Gasteiger partial charge in [0.25, 0.3) is 0 Å². The summed E-state index contributed by atoms with van der Waals surface area (Å²) in [6, 6.07) is 7.90. The highest BCUT2D eigenvalue weighted by Gasteiger charge is 2.18. The molecule has 0 fully saturated rings. The van der Waals surface area contributed by atoms with Gasteiger partial charge in [0.2, 0.25) is 0 Å². The number of ether oxygens (including phenoxy) is 2. The van der Waals surface area contributed by atoms with Gasteiger partial charge in [-0.1, -0.05) is 6.07 Å². The summed E-state index contributed by atoms with van der Waals surface area (Å²) in [5, 5.41) is 1.98. The van der Waals surface area contributed by atoms with Gasteiger partial charge in [-0.3, -0.25) is 0 Å². The van der Waals surface area contributed by atoms with E-state index in [-0.39, 0.29) is 12.2 Å². The first-order valence-corrected chi connectivity index (χ1v) is 7.53. The fourth-order valence-corrected chi connectivity index (χ4v) is 2.77. The SMILES string of the molecule is COc1cccc2c1nc(C)c1cc(C(C)OC(C)C)oc12. The maximum absolute atomic E-state index is 6.10. The van der Waals surface area contributed by atoms with Gasteiger partial charge in [0.15, 0.2) is 0 Å². The summed E-state index contributed by atoms with van der Waals surface area (Å²) in [5.41, 5.74) is 2.60. The van der Waals surface area contributed by atoms with Crippen molar-refractivity contribution in [2.24, 2.45) is 0 Å². The van der Waals surface area contributed by atoms with Crippen LogP contribution in [0, 0.1) is 6.92 Å². The highest BCUT2D eigenvalue weighted by molar-refractivity contribution is 6.05. The molecule has 0 saturated heterocycles. The zero-order valence-electron chi connectivity index (χ0n) is 13.6. The molecule has 1 atom stereocenters. The molecule has 3 rings (SSSR count). The number of hydrogen-bond donors (Lipinski definition) is 0. The molecule has 116 valence electrons.